The third-order valence-electron chi connectivity index (χ3n) is 5.50. The lowest BCUT2D eigenvalue weighted by atomic mass is 9.96. The summed E-state index contributed by atoms with van der Waals surface area (Å²) in [6, 6.07) is 4.82. The van der Waals surface area contributed by atoms with Gasteiger partial charge in [-0.3, -0.25) is 4.79 Å². The van der Waals surface area contributed by atoms with E-state index in [4.69, 9.17) is 5.73 Å². The van der Waals surface area contributed by atoms with Crippen molar-refractivity contribution in [2.75, 3.05) is 0 Å². The smallest absolute Gasteiger partial charge is 0.196 e. The summed E-state index contributed by atoms with van der Waals surface area (Å²) in [6.07, 6.45) is 15.7. The number of unbranched alkanes of at least 4 members (excludes halogenated alkanes) is 11. The van der Waals surface area contributed by atoms with Crippen molar-refractivity contribution >= 4 is 5.78 Å². The zero-order chi connectivity index (χ0) is 22.2. The predicted octanol–water partition coefficient (Wildman–Crippen LogP) is 4.88. The fourth-order valence-corrected chi connectivity index (χ4v) is 3.49. The van der Waals surface area contributed by atoms with Crippen LogP contribution in [0.4, 0.5) is 0 Å². The van der Waals surface area contributed by atoms with E-state index in [-0.39, 0.29) is 11.3 Å². The number of aliphatic hydroxyl groups is 2. The van der Waals surface area contributed by atoms with Crippen molar-refractivity contribution in [2.24, 2.45) is 5.73 Å². The van der Waals surface area contributed by atoms with Crippen LogP contribution in [0.15, 0.2) is 36.4 Å². The molecule has 0 heterocycles. The molecule has 0 saturated heterocycles. The molecule has 0 bridgehead atoms. The summed E-state index contributed by atoms with van der Waals surface area (Å²) in [6.45, 7) is 2.24. The molecule has 0 aliphatic rings. The molecule has 0 aromatic heterocycles. The Morgan fingerprint density at radius 2 is 1.47 bits per heavy atom. The lowest BCUT2D eigenvalue weighted by Crippen LogP contribution is -2.47. The first-order valence-electron chi connectivity index (χ1n) is 11.6. The van der Waals surface area contributed by atoms with Crippen LogP contribution in [-0.4, -0.2) is 39.4 Å². The van der Waals surface area contributed by atoms with E-state index in [0.717, 1.165) is 19.3 Å². The molecular formula is C25H41NO4. The number of ketones is 1. The summed E-state index contributed by atoms with van der Waals surface area (Å²) in [5.41, 5.74) is 5.84. The summed E-state index contributed by atoms with van der Waals surface area (Å²) < 4.78 is 0. The van der Waals surface area contributed by atoms with E-state index in [0.29, 0.717) is 0 Å². The molecule has 0 aliphatic heterocycles. The van der Waals surface area contributed by atoms with E-state index in [2.05, 4.69) is 6.92 Å². The number of allylic oxidation sites excluding steroid dienone is 1. The van der Waals surface area contributed by atoms with Gasteiger partial charge in [0.25, 0.3) is 0 Å². The first kappa shape index (κ1) is 26.3. The molecular weight excluding hydrogens is 378 g/mol. The number of aromatic hydroxyl groups is 1. The number of carbonyl (C=O) groups excluding carboxylic acids is 1. The molecule has 1 unspecified atom stereocenters. The number of aliphatic hydroxyl groups excluding tert-OH is 2. The Kier molecular flexibility index (Phi) is 14.1. The monoisotopic (exact) mass is 419 g/mol. The number of phenolic OH excluding ortho intramolecular Hbond substituents is 1. The highest BCUT2D eigenvalue weighted by atomic mass is 16.3. The standard InChI is InChI=1S/C25H41NO4/c1-2-3-4-5-6-7-8-9-10-11-12-13-14-19-22(28)23(26)25(30)24(29)20-17-15-16-18-21(20)27/h14-19,22-23,25,27-28,30H,2-13,26H2,1H3/b19-14+/t22-,23-,25?/m1/s1. The Balaban J connectivity index is 2.16. The molecule has 0 radical (unpaired) electrons. The van der Waals surface area contributed by atoms with Gasteiger partial charge in [0.2, 0.25) is 0 Å². The SMILES string of the molecule is CCCCCCCCCCCCC/C=C/[C@@H](O)[C@@H](N)C(O)C(=O)c1ccccc1O. The summed E-state index contributed by atoms with van der Waals surface area (Å²) >= 11 is 0. The second-order valence-electron chi connectivity index (χ2n) is 8.15. The number of hydrogen-bond donors (Lipinski definition) is 4. The molecule has 0 fully saturated rings. The molecule has 5 nitrogen and oxygen atoms in total. The first-order valence-corrected chi connectivity index (χ1v) is 11.6. The number of nitrogens with two attached hydrogens (primary N) is 1. The Hall–Kier alpha value is -1.69. The third-order valence-corrected chi connectivity index (χ3v) is 5.50. The van der Waals surface area contributed by atoms with Gasteiger partial charge in [-0.05, 0) is 25.0 Å². The lowest BCUT2D eigenvalue weighted by Gasteiger charge is -2.21. The minimum atomic E-state index is -1.58. The summed E-state index contributed by atoms with van der Waals surface area (Å²) in [4.78, 5) is 12.3. The fraction of sp³-hybridized carbons (Fsp3) is 0.640. The van der Waals surface area contributed by atoms with E-state index in [1.165, 1.54) is 69.9 Å². The number of Topliss-reactive ketones (excluding diaryl/α,β-unsaturated/α-hetero) is 1. The topological polar surface area (TPSA) is 104 Å². The van der Waals surface area contributed by atoms with E-state index >= 15 is 0 Å². The Morgan fingerprint density at radius 3 is 2.03 bits per heavy atom. The highest BCUT2D eigenvalue weighted by molar-refractivity contribution is 6.02. The van der Waals surface area contributed by atoms with Gasteiger partial charge in [-0.1, -0.05) is 95.4 Å². The summed E-state index contributed by atoms with van der Waals surface area (Å²) in [5, 5.41) is 30.0. The molecule has 5 N–H and O–H groups in total. The van der Waals surface area contributed by atoms with Crippen LogP contribution >= 0.6 is 0 Å². The van der Waals surface area contributed by atoms with Crippen molar-refractivity contribution in [1.82, 2.24) is 0 Å². The van der Waals surface area contributed by atoms with Crippen LogP contribution in [0.2, 0.25) is 0 Å². The van der Waals surface area contributed by atoms with Gasteiger partial charge in [0.05, 0.1) is 17.7 Å². The molecule has 0 saturated carbocycles. The van der Waals surface area contributed by atoms with Crippen LogP contribution in [-0.2, 0) is 0 Å². The molecule has 0 spiro atoms. The number of rotatable bonds is 17. The Morgan fingerprint density at radius 1 is 0.933 bits per heavy atom. The van der Waals surface area contributed by atoms with E-state index in [1.54, 1.807) is 18.2 Å². The van der Waals surface area contributed by atoms with Crippen molar-refractivity contribution in [3.8, 4) is 5.75 Å². The lowest BCUT2D eigenvalue weighted by molar-refractivity contribution is 0.0533. The molecule has 5 heteroatoms. The molecule has 1 rings (SSSR count). The molecule has 3 atom stereocenters. The van der Waals surface area contributed by atoms with Gasteiger partial charge in [0.1, 0.15) is 11.9 Å². The number of carbonyl (C=O) groups is 1. The molecule has 170 valence electrons. The Bertz CT molecular complexity index is 617. The maximum atomic E-state index is 12.3. The summed E-state index contributed by atoms with van der Waals surface area (Å²) in [7, 11) is 0. The number of phenols is 1. The van der Waals surface area contributed by atoms with Crippen molar-refractivity contribution in [3.63, 3.8) is 0 Å². The third kappa shape index (κ3) is 10.4. The number of benzene rings is 1. The molecule has 1 aromatic carbocycles. The maximum Gasteiger partial charge on any atom is 0.196 e. The molecule has 1 aromatic rings. The van der Waals surface area contributed by atoms with Gasteiger partial charge < -0.3 is 21.1 Å². The highest BCUT2D eigenvalue weighted by Gasteiger charge is 2.29. The van der Waals surface area contributed by atoms with Crippen molar-refractivity contribution in [2.45, 2.75) is 102 Å². The van der Waals surface area contributed by atoms with Crippen LogP contribution in [0.3, 0.4) is 0 Å². The van der Waals surface area contributed by atoms with Crippen molar-refractivity contribution in [1.29, 1.82) is 0 Å². The van der Waals surface area contributed by atoms with Crippen LogP contribution in [0.5, 0.6) is 5.75 Å². The van der Waals surface area contributed by atoms with Gasteiger partial charge in [0.15, 0.2) is 5.78 Å². The van der Waals surface area contributed by atoms with Crippen molar-refractivity contribution < 1.29 is 20.1 Å². The molecule has 0 aliphatic carbocycles. The molecule has 30 heavy (non-hydrogen) atoms. The maximum absolute atomic E-state index is 12.3. The quantitative estimate of drug-likeness (QED) is 0.164. The van der Waals surface area contributed by atoms with Crippen LogP contribution in [0, 0.1) is 0 Å². The highest BCUT2D eigenvalue weighted by Crippen LogP contribution is 2.19. The van der Waals surface area contributed by atoms with Crippen molar-refractivity contribution in [3.05, 3.63) is 42.0 Å². The van der Waals surface area contributed by atoms with Gasteiger partial charge in [0, 0.05) is 0 Å². The zero-order valence-corrected chi connectivity index (χ0v) is 18.5. The van der Waals surface area contributed by atoms with Crippen LogP contribution < -0.4 is 5.73 Å². The van der Waals surface area contributed by atoms with Gasteiger partial charge >= 0.3 is 0 Å². The normalized spacial score (nSPS) is 14.7. The van der Waals surface area contributed by atoms with Crippen LogP contribution in [0.25, 0.3) is 0 Å². The minimum Gasteiger partial charge on any atom is -0.507 e. The molecule has 0 amide bonds. The minimum absolute atomic E-state index is 0.00223. The predicted molar refractivity (Wildman–Crippen MR) is 123 cm³/mol. The van der Waals surface area contributed by atoms with E-state index in [9.17, 15) is 20.1 Å². The van der Waals surface area contributed by atoms with E-state index < -0.39 is 24.0 Å². The van der Waals surface area contributed by atoms with Gasteiger partial charge in [-0.25, -0.2) is 0 Å². The number of hydrogen-bond acceptors (Lipinski definition) is 5. The average Bonchev–Trinajstić information content (AvgIpc) is 2.75. The average molecular weight is 420 g/mol. The van der Waals surface area contributed by atoms with Crippen LogP contribution in [0.1, 0.15) is 94.3 Å². The number of para-hydroxylation sites is 1. The Labute approximate surface area is 182 Å². The zero-order valence-electron chi connectivity index (χ0n) is 18.5. The van der Waals surface area contributed by atoms with Gasteiger partial charge in [-0.15, -0.1) is 0 Å². The van der Waals surface area contributed by atoms with E-state index in [1.807, 2.05) is 6.08 Å². The second kappa shape index (κ2) is 16.1. The largest absolute Gasteiger partial charge is 0.507 e. The first-order chi connectivity index (χ1) is 14.5. The summed E-state index contributed by atoms with van der Waals surface area (Å²) in [5.74, 6) is -0.909. The second-order valence-corrected chi connectivity index (χ2v) is 8.15. The van der Waals surface area contributed by atoms with Gasteiger partial charge in [-0.2, -0.15) is 0 Å². The fourth-order valence-electron chi connectivity index (χ4n) is 3.49.